The van der Waals surface area contributed by atoms with Gasteiger partial charge in [-0.3, -0.25) is 0 Å². The van der Waals surface area contributed by atoms with Crippen LogP contribution in [-0.2, 0) is 20.9 Å². The number of hydrogen-bond acceptors (Lipinski definition) is 4. The maximum atomic E-state index is 12.4. The number of sulfonamides is 1. The van der Waals surface area contributed by atoms with Crippen LogP contribution >= 0.6 is 0 Å². The second kappa shape index (κ2) is 11.4. The van der Waals surface area contributed by atoms with Crippen molar-refractivity contribution in [3.8, 4) is 11.5 Å². The van der Waals surface area contributed by atoms with Crippen molar-refractivity contribution < 1.29 is 17.9 Å². The van der Waals surface area contributed by atoms with Gasteiger partial charge in [0.2, 0.25) is 10.0 Å². The van der Waals surface area contributed by atoms with E-state index in [2.05, 4.69) is 64.5 Å². The van der Waals surface area contributed by atoms with Crippen molar-refractivity contribution in [1.29, 1.82) is 0 Å². The third-order valence-corrected chi connectivity index (χ3v) is 8.23. The molecule has 2 aromatic carbocycles. The molecule has 0 bridgehead atoms. The van der Waals surface area contributed by atoms with Gasteiger partial charge in [-0.2, -0.15) is 0 Å². The van der Waals surface area contributed by atoms with Crippen LogP contribution in [0, 0.1) is 0 Å². The Kier molecular flexibility index (Phi) is 9.38. The summed E-state index contributed by atoms with van der Waals surface area (Å²) in [5, 5.41) is 0. The average molecular weight is 476 g/mol. The number of benzene rings is 2. The fraction of sp³-hybridized carbons (Fsp3) is 0.556. The highest BCUT2D eigenvalue weighted by Crippen LogP contribution is 2.38. The van der Waals surface area contributed by atoms with Crippen molar-refractivity contribution in [2.75, 3.05) is 20.3 Å². The molecule has 0 atom stereocenters. The van der Waals surface area contributed by atoms with Crippen molar-refractivity contribution in [3.63, 3.8) is 0 Å². The summed E-state index contributed by atoms with van der Waals surface area (Å²) in [5.74, 6) is 1.55. The Morgan fingerprint density at radius 3 is 2.09 bits per heavy atom. The molecule has 5 nitrogen and oxygen atoms in total. The molecule has 0 saturated carbocycles. The minimum atomic E-state index is -3.52. The second-order valence-corrected chi connectivity index (χ2v) is 11.6. The van der Waals surface area contributed by atoms with Crippen LogP contribution in [-0.4, -0.2) is 28.7 Å². The van der Waals surface area contributed by atoms with Crippen molar-refractivity contribution in [3.05, 3.63) is 53.6 Å². The number of hydrogen-bond donors (Lipinski definition) is 1. The Bertz CT molecular complexity index is 995. The summed E-state index contributed by atoms with van der Waals surface area (Å²) >= 11 is 0. The van der Waals surface area contributed by atoms with Crippen LogP contribution in [0.4, 0.5) is 0 Å². The molecule has 0 saturated heterocycles. The van der Waals surface area contributed by atoms with Gasteiger partial charge in [-0.25, -0.2) is 13.1 Å². The first-order valence-corrected chi connectivity index (χ1v) is 13.4. The minimum absolute atomic E-state index is 0.0170. The van der Waals surface area contributed by atoms with E-state index in [9.17, 15) is 8.42 Å². The van der Waals surface area contributed by atoms with Crippen LogP contribution in [0.1, 0.15) is 78.4 Å². The van der Waals surface area contributed by atoms with E-state index in [4.69, 9.17) is 9.47 Å². The molecule has 0 radical (unpaired) electrons. The fourth-order valence-electron chi connectivity index (χ4n) is 3.45. The topological polar surface area (TPSA) is 64.6 Å². The van der Waals surface area contributed by atoms with Gasteiger partial charge >= 0.3 is 0 Å². The summed E-state index contributed by atoms with van der Waals surface area (Å²) in [6.07, 6.45) is 3.56. The van der Waals surface area contributed by atoms with Crippen molar-refractivity contribution in [2.24, 2.45) is 0 Å². The fourth-order valence-corrected chi connectivity index (χ4v) is 4.53. The molecule has 0 unspecified atom stereocenters. The summed E-state index contributed by atoms with van der Waals surface area (Å²) in [6.45, 7) is 14.4. The molecule has 0 aromatic heterocycles. The van der Waals surface area contributed by atoms with Crippen LogP contribution in [0.5, 0.6) is 11.5 Å². The quantitative estimate of drug-likeness (QED) is 0.350. The molecule has 0 aliphatic carbocycles. The molecule has 0 aliphatic heterocycles. The lowest BCUT2D eigenvalue weighted by Gasteiger charge is -2.30. The molecule has 2 aromatic rings. The maximum Gasteiger partial charge on any atom is 0.240 e. The molecule has 6 heteroatoms. The summed E-state index contributed by atoms with van der Waals surface area (Å²) in [4.78, 5) is 0.237. The molecule has 0 aliphatic rings. The number of ether oxygens (including phenoxy) is 2. The number of rotatable bonds is 13. The molecule has 2 rings (SSSR count). The molecular formula is C27H41NO4S. The smallest absolute Gasteiger partial charge is 0.240 e. The lowest BCUT2D eigenvalue weighted by Crippen LogP contribution is -2.25. The Labute approximate surface area is 201 Å². The van der Waals surface area contributed by atoms with E-state index < -0.39 is 10.0 Å². The first-order valence-electron chi connectivity index (χ1n) is 11.9. The molecule has 0 amide bonds. The van der Waals surface area contributed by atoms with E-state index in [-0.39, 0.29) is 15.7 Å². The van der Waals surface area contributed by atoms with E-state index in [1.165, 1.54) is 11.1 Å². The molecule has 33 heavy (non-hydrogen) atoms. The lowest BCUT2D eigenvalue weighted by molar-refractivity contribution is 0.296. The van der Waals surface area contributed by atoms with E-state index in [1.807, 2.05) is 0 Å². The van der Waals surface area contributed by atoms with Gasteiger partial charge in [0, 0.05) is 12.1 Å². The van der Waals surface area contributed by atoms with Gasteiger partial charge < -0.3 is 9.47 Å². The van der Waals surface area contributed by atoms with Crippen LogP contribution in [0.15, 0.2) is 47.4 Å². The normalized spacial score (nSPS) is 12.6. The molecular weight excluding hydrogens is 434 g/mol. The Balaban J connectivity index is 1.94. The van der Waals surface area contributed by atoms with Crippen molar-refractivity contribution in [2.45, 2.75) is 83.0 Å². The number of nitrogens with one attached hydrogen (secondary N) is 1. The Morgan fingerprint density at radius 1 is 0.879 bits per heavy atom. The monoisotopic (exact) mass is 475 g/mol. The van der Waals surface area contributed by atoms with Gasteiger partial charge in [0.1, 0.15) is 11.5 Å². The van der Waals surface area contributed by atoms with E-state index >= 15 is 0 Å². The van der Waals surface area contributed by atoms with Crippen LogP contribution in [0.25, 0.3) is 0 Å². The van der Waals surface area contributed by atoms with Crippen LogP contribution in [0.3, 0.4) is 0 Å². The van der Waals surface area contributed by atoms with Gasteiger partial charge in [0.25, 0.3) is 0 Å². The third kappa shape index (κ3) is 7.21. The summed E-state index contributed by atoms with van der Waals surface area (Å²) in [5.41, 5.74) is 2.72. The predicted molar refractivity (Wildman–Crippen MR) is 136 cm³/mol. The van der Waals surface area contributed by atoms with E-state index in [0.717, 1.165) is 25.0 Å². The summed E-state index contributed by atoms with van der Waals surface area (Å²) in [6, 6.07) is 13.0. The summed E-state index contributed by atoms with van der Waals surface area (Å²) < 4.78 is 38.8. The SMILES string of the molecule is CCC(C)(C)c1ccc(OCCCCNS(=O)(=O)c2ccc(OC)cc2)c(C(C)(C)CC)c1. The molecule has 184 valence electrons. The standard InChI is InChI=1S/C27H41NO4S/c1-8-26(3,4)21-12-17-25(24(20-21)27(5,6)9-2)32-19-11-10-18-28-33(29,30)23-15-13-22(31-7)14-16-23/h12-17,20,28H,8-11,18-19H2,1-7H3. The predicted octanol–water partition coefficient (Wildman–Crippen LogP) is 6.21. The zero-order valence-corrected chi connectivity index (χ0v) is 22.1. The van der Waals surface area contributed by atoms with Crippen molar-refractivity contribution >= 4 is 10.0 Å². The molecule has 1 N–H and O–H groups in total. The van der Waals surface area contributed by atoms with Gasteiger partial charge in [-0.15, -0.1) is 0 Å². The van der Waals surface area contributed by atoms with E-state index in [1.54, 1.807) is 31.4 Å². The van der Waals surface area contributed by atoms with E-state index in [0.29, 0.717) is 25.3 Å². The lowest BCUT2D eigenvalue weighted by atomic mass is 9.76. The summed E-state index contributed by atoms with van der Waals surface area (Å²) in [7, 11) is -1.97. The van der Waals surface area contributed by atoms with Gasteiger partial charge in [0.15, 0.2) is 0 Å². The van der Waals surface area contributed by atoms with Crippen LogP contribution in [0.2, 0.25) is 0 Å². The first kappa shape index (κ1) is 27.2. The van der Waals surface area contributed by atoms with Crippen molar-refractivity contribution in [1.82, 2.24) is 4.72 Å². The highest BCUT2D eigenvalue weighted by Gasteiger charge is 2.26. The third-order valence-electron chi connectivity index (χ3n) is 6.75. The largest absolute Gasteiger partial charge is 0.497 e. The maximum absolute atomic E-state index is 12.4. The van der Waals surface area contributed by atoms with Gasteiger partial charge in [-0.05, 0) is 72.4 Å². The molecule has 0 heterocycles. The molecule has 0 fully saturated rings. The first-order chi connectivity index (χ1) is 15.5. The second-order valence-electron chi connectivity index (χ2n) is 9.81. The molecule has 0 spiro atoms. The highest BCUT2D eigenvalue weighted by molar-refractivity contribution is 7.89. The zero-order chi connectivity index (χ0) is 24.7. The Hall–Kier alpha value is -2.05. The average Bonchev–Trinajstić information content (AvgIpc) is 2.81. The highest BCUT2D eigenvalue weighted by atomic mass is 32.2. The van der Waals surface area contributed by atoms with Gasteiger partial charge in [0.05, 0.1) is 18.6 Å². The van der Waals surface area contributed by atoms with Gasteiger partial charge in [-0.1, -0.05) is 53.7 Å². The zero-order valence-electron chi connectivity index (χ0n) is 21.3. The number of methoxy groups -OCH3 is 1. The minimum Gasteiger partial charge on any atom is -0.497 e. The number of unbranched alkanes of at least 4 members (excludes halogenated alkanes) is 1. The van der Waals surface area contributed by atoms with Crippen LogP contribution < -0.4 is 14.2 Å². The Morgan fingerprint density at radius 2 is 1.52 bits per heavy atom.